The zero-order valence-electron chi connectivity index (χ0n) is 29.0. The Balaban J connectivity index is 1.11. The maximum Gasteiger partial charge on any atom is 0.261 e. The van der Waals surface area contributed by atoms with Gasteiger partial charge in [0.25, 0.3) is 15.9 Å². The first-order valence-corrected chi connectivity index (χ1v) is 18.5. The molecule has 0 atom stereocenters. The highest BCUT2D eigenvalue weighted by Crippen LogP contribution is 2.33. The molecule has 0 aliphatic carbocycles. The summed E-state index contributed by atoms with van der Waals surface area (Å²) in [5.41, 5.74) is 10.5. The summed E-state index contributed by atoms with van der Waals surface area (Å²) >= 11 is 0. The first-order chi connectivity index (χ1) is 25.1. The van der Waals surface area contributed by atoms with Gasteiger partial charge >= 0.3 is 0 Å². The molecule has 1 aliphatic heterocycles. The number of nitrogen functional groups attached to an aromatic ring is 1. The van der Waals surface area contributed by atoms with Crippen LogP contribution in [0.5, 0.6) is 0 Å². The van der Waals surface area contributed by atoms with Crippen molar-refractivity contribution in [2.75, 3.05) is 69.9 Å². The summed E-state index contributed by atoms with van der Waals surface area (Å²) in [6, 6.07) is 17.1. The first-order valence-electron chi connectivity index (χ1n) is 17.1. The minimum absolute atomic E-state index is 0.0207. The highest BCUT2D eigenvalue weighted by Gasteiger charge is 2.20. The quantitative estimate of drug-likeness (QED) is 0.107. The monoisotopic (exact) mass is 734 g/mol. The third-order valence-electron chi connectivity index (χ3n) is 8.27. The van der Waals surface area contributed by atoms with E-state index in [0.29, 0.717) is 81.5 Å². The first kappa shape index (κ1) is 38.5. The van der Waals surface area contributed by atoms with E-state index < -0.39 is 15.8 Å². The van der Waals surface area contributed by atoms with Gasteiger partial charge in [0.05, 0.1) is 51.1 Å². The second kappa shape index (κ2) is 18.7. The molecule has 0 radical (unpaired) electrons. The van der Waals surface area contributed by atoms with Crippen LogP contribution in [0, 0.1) is 5.82 Å². The summed E-state index contributed by atoms with van der Waals surface area (Å²) in [6.07, 6.45) is 2.50. The lowest BCUT2D eigenvalue weighted by atomic mass is 9.94. The van der Waals surface area contributed by atoms with Gasteiger partial charge in [0, 0.05) is 60.1 Å². The number of anilines is 2. The van der Waals surface area contributed by atoms with E-state index in [4.69, 9.17) is 24.7 Å². The minimum Gasteiger partial charge on any atom is -0.383 e. The Bertz CT molecular complexity index is 1960. The van der Waals surface area contributed by atoms with Crippen LogP contribution in [-0.2, 0) is 46.6 Å². The highest BCUT2D eigenvalue weighted by atomic mass is 32.2. The fourth-order valence-electron chi connectivity index (χ4n) is 5.56. The average molecular weight is 735 g/mol. The number of benzene rings is 3. The molecule has 0 saturated heterocycles. The molecule has 0 saturated carbocycles. The Morgan fingerprint density at radius 3 is 2.21 bits per heavy atom. The van der Waals surface area contributed by atoms with Gasteiger partial charge in [0.2, 0.25) is 0 Å². The number of nitrogens with zero attached hydrogens (tertiary/aromatic N) is 1. The molecule has 4 N–H and O–H groups in total. The van der Waals surface area contributed by atoms with E-state index in [1.807, 2.05) is 13.0 Å². The summed E-state index contributed by atoms with van der Waals surface area (Å²) in [7, 11) is -4.14. The van der Waals surface area contributed by atoms with E-state index in [1.54, 1.807) is 42.5 Å². The van der Waals surface area contributed by atoms with Gasteiger partial charge in [0.1, 0.15) is 17.4 Å². The van der Waals surface area contributed by atoms with Crippen molar-refractivity contribution in [1.29, 1.82) is 0 Å². The molecule has 5 rings (SSSR count). The van der Waals surface area contributed by atoms with Crippen LogP contribution in [0.25, 0.3) is 22.3 Å². The number of halogens is 1. The standard InChI is InChI=1S/C38H43FN4O8S/c1-2-48-15-16-50-19-20-51-18-17-49-14-12-31(44)21-26-3-6-30(7-4-26)43-52(46,47)32-8-10-33(36(39)24-32)29-23-35(37(40)42-25-29)27-5-9-34-28(22-27)11-13-41-38(34)45/h3-10,22-25,43H,2,11-21H2,1H3,(H2,40,42)(H,41,45). The molecule has 0 fully saturated rings. The van der Waals surface area contributed by atoms with Gasteiger partial charge in [-0.25, -0.2) is 17.8 Å². The smallest absolute Gasteiger partial charge is 0.261 e. The van der Waals surface area contributed by atoms with E-state index in [2.05, 4.69) is 15.0 Å². The lowest BCUT2D eigenvalue weighted by Crippen LogP contribution is -2.31. The van der Waals surface area contributed by atoms with Gasteiger partial charge in [-0.1, -0.05) is 30.3 Å². The van der Waals surface area contributed by atoms with Gasteiger partial charge in [-0.3, -0.25) is 14.3 Å². The fourth-order valence-corrected chi connectivity index (χ4v) is 6.63. The molecule has 1 aliphatic rings. The normalized spacial score (nSPS) is 12.7. The molecule has 12 nitrogen and oxygen atoms in total. The SMILES string of the molecule is CCOCCOCCOCCOCCC(=O)Cc1ccc(NS(=O)(=O)c2ccc(-c3cnc(N)c(-c4ccc5c(c4)CCNC5=O)c3)c(F)c2)cc1. The molecule has 276 valence electrons. The van der Waals surface area contributed by atoms with Crippen LogP contribution < -0.4 is 15.8 Å². The van der Waals surface area contributed by atoms with Crippen molar-refractivity contribution < 1.29 is 41.3 Å². The average Bonchev–Trinajstić information content (AvgIpc) is 3.13. The summed E-state index contributed by atoms with van der Waals surface area (Å²) in [5.74, 6) is -0.675. The Morgan fingerprint density at radius 2 is 1.52 bits per heavy atom. The number of hydrogen-bond acceptors (Lipinski definition) is 10. The molecule has 1 amide bonds. The summed E-state index contributed by atoms with van der Waals surface area (Å²) in [5, 5.41) is 2.81. The second-order valence-electron chi connectivity index (χ2n) is 12.0. The number of ketones is 1. The van der Waals surface area contributed by atoms with Crippen molar-refractivity contribution in [1.82, 2.24) is 10.3 Å². The van der Waals surface area contributed by atoms with Crippen LogP contribution >= 0.6 is 0 Å². The van der Waals surface area contributed by atoms with Crippen molar-refractivity contribution in [2.24, 2.45) is 0 Å². The molecular formula is C38H43FN4O8S. The lowest BCUT2D eigenvalue weighted by Gasteiger charge is -2.18. The van der Waals surface area contributed by atoms with Crippen LogP contribution in [0.15, 0.2) is 77.8 Å². The Labute approximate surface area is 302 Å². The fraction of sp³-hybridized carbons (Fsp3) is 0.342. The van der Waals surface area contributed by atoms with Crippen molar-refractivity contribution in [3.8, 4) is 22.3 Å². The number of fused-ring (bicyclic) bond motifs is 1. The van der Waals surface area contributed by atoms with Crippen LogP contribution in [0.2, 0.25) is 0 Å². The number of Topliss-reactive ketones (excluding diaryl/α,β-unsaturated/α-hetero) is 1. The van der Waals surface area contributed by atoms with Gasteiger partial charge < -0.3 is 30.0 Å². The molecule has 0 unspecified atom stereocenters. The number of nitrogens with one attached hydrogen (secondary N) is 2. The largest absolute Gasteiger partial charge is 0.383 e. The van der Waals surface area contributed by atoms with E-state index in [1.165, 1.54) is 18.3 Å². The molecule has 2 heterocycles. The molecule has 0 spiro atoms. The number of rotatable bonds is 20. The second-order valence-corrected chi connectivity index (χ2v) is 13.7. The number of carbonyl (C=O) groups is 2. The number of nitrogens with two attached hydrogens (primary N) is 1. The van der Waals surface area contributed by atoms with Crippen LogP contribution in [0.3, 0.4) is 0 Å². The van der Waals surface area contributed by atoms with E-state index in [-0.39, 0.29) is 53.1 Å². The van der Waals surface area contributed by atoms with Crippen LogP contribution in [-0.4, -0.2) is 84.5 Å². The van der Waals surface area contributed by atoms with Gasteiger partial charge in [0.15, 0.2) is 0 Å². The van der Waals surface area contributed by atoms with E-state index in [0.717, 1.165) is 17.2 Å². The maximum absolute atomic E-state index is 15.5. The van der Waals surface area contributed by atoms with Gasteiger partial charge in [-0.15, -0.1) is 0 Å². The molecule has 0 bridgehead atoms. The Kier molecular flexibility index (Phi) is 13.8. The Hall–Kier alpha value is -4.73. The molecule has 52 heavy (non-hydrogen) atoms. The van der Waals surface area contributed by atoms with E-state index in [9.17, 15) is 18.0 Å². The Morgan fingerprint density at radius 1 is 0.846 bits per heavy atom. The third-order valence-corrected chi connectivity index (χ3v) is 9.65. The van der Waals surface area contributed by atoms with Crippen molar-refractivity contribution in [2.45, 2.75) is 31.1 Å². The lowest BCUT2D eigenvalue weighted by molar-refractivity contribution is -0.119. The predicted molar refractivity (Wildman–Crippen MR) is 195 cm³/mol. The van der Waals surface area contributed by atoms with Gasteiger partial charge in [-0.2, -0.15) is 0 Å². The van der Waals surface area contributed by atoms with Crippen LogP contribution in [0.1, 0.15) is 34.8 Å². The number of sulfonamides is 1. The molecule has 1 aromatic heterocycles. The predicted octanol–water partition coefficient (Wildman–Crippen LogP) is 4.81. The number of ether oxygens (including phenoxy) is 4. The number of aromatic nitrogens is 1. The molecule has 4 aromatic rings. The molecule has 14 heteroatoms. The van der Waals surface area contributed by atoms with E-state index >= 15 is 4.39 Å². The molecular weight excluding hydrogens is 692 g/mol. The zero-order valence-corrected chi connectivity index (χ0v) is 29.8. The van der Waals surface area contributed by atoms with Crippen LogP contribution in [0.4, 0.5) is 15.9 Å². The van der Waals surface area contributed by atoms with Crippen molar-refractivity contribution in [3.05, 3.63) is 95.4 Å². The van der Waals surface area contributed by atoms with Crippen molar-refractivity contribution >= 4 is 33.2 Å². The minimum atomic E-state index is -4.14. The zero-order chi connectivity index (χ0) is 36.9. The highest BCUT2D eigenvalue weighted by molar-refractivity contribution is 7.92. The van der Waals surface area contributed by atoms with Crippen molar-refractivity contribution in [3.63, 3.8) is 0 Å². The summed E-state index contributed by atoms with van der Waals surface area (Å²) in [4.78, 5) is 28.6. The summed E-state index contributed by atoms with van der Waals surface area (Å²) in [6.45, 7) is 6.18. The number of carbonyl (C=O) groups excluding carboxylic acids is 2. The number of hydrogen-bond donors (Lipinski definition) is 3. The number of pyridine rings is 1. The molecule has 3 aromatic carbocycles. The summed E-state index contributed by atoms with van der Waals surface area (Å²) < 4.78 is 65.7. The third kappa shape index (κ3) is 10.7. The topological polar surface area (TPSA) is 168 Å². The maximum atomic E-state index is 15.5. The van der Waals surface area contributed by atoms with Gasteiger partial charge in [-0.05, 0) is 66.4 Å². The number of amides is 1.